The zero-order valence-corrected chi connectivity index (χ0v) is 12.1. The molecule has 1 atom stereocenters. The van der Waals surface area contributed by atoms with Gasteiger partial charge in [-0.2, -0.15) is 5.26 Å². The van der Waals surface area contributed by atoms with Gasteiger partial charge < -0.3 is 9.64 Å². The van der Waals surface area contributed by atoms with Crippen molar-refractivity contribution in [3.8, 4) is 6.07 Å². The summed E-state index contributed by atoms with van der Waals surface area (Å²) in [7, 11) is 0. The number of hydrogen-bond acceptors (Lipinski definition) is 5. The maximum Gasteiger partial charge on any atom is 0.271 e. The Morgan fingerprint density at radius 2 is 2.24 bits per heavy atom. The summed E-state index contributed by atoms with van der Waals surface area (Å²) < 4.78 is 5.14. The number of rotatable bonds is 2. The van der Waals surface area contributed by atoms with Crippen LogP contribution in [0.25, 0.3) is 0 Å². The third-order valence-electron chi connectivity index (χ3n) is 2.95. The second-order valence-electron chi connectivity index (χ2n) is 4.29. The first-order chi connectivity index (χ1) is 9.93. The smallest absolute Gasteiger partial charge is 0.271 e. The van der Waals surface area contributed by atoms with Gasteiger partial charge in [-0.3, -0.25) is 14.9 Å². The number of morpholine rings is 1. The van der Waals surface area contributed by atoms with Crippen molar-refractivity contribution in [2.24, 2.45) is 0 Å². The van der Waals surface area contributed by atoms with Crippen LogP contribution < -0.4 is 0 Å². The number of nitro benzene ring substituents is 1. The van der Waals surface area contributed by atoms with Gasteiger partial charge in [0.25, 0.3) is 11.6 Å². The van der Waals surface area contributed by atoms with E-state index in [1.54, 1.807) is 0 Å². The summed E-state index contributed by atoms with van der Waals surface area (Å²) in [6.45, 7) is 0.559. The molecule has 1 heterocycles. The molecule has 9 heteroatoms. The Hall–Kier alpha value is -1.88. The lowest BCUT2D eigenvalue weighted by Crippen LogP contribution is -2.45. The molecule has 0 N–H and O–H groups in total. The van der Waals surface area contributed by atoms with Crippen molar-refractivity contribution in [1.29, 1.82) is 5.26 Å². The number of ether oxygens (including phenoxy) is 1. The molecule has 1 aliphatic heterocycles. The molecule has 2 rings (SSSR count). The molecule has 1 saturated heterocycles. The van der Waals surface area contributed by atoms with Gasteiger partial charge >= 0.3 is 0 Å². The Bertz CT molecular complexity index is 644. The maximum absolute atomic E-state index is 12.4. The topological polar surface area (TPSA) is 96.5 Å². The number of amides is 1. The molecule has 21 heavy (non-hydrogen) atoms. The molecule has 0 spiro atoms. The Morgan fingerprint density at radius 1 is 1.52 bits per heavy atom. The molecule has 1 fully saturated rings. The van der Waals surface area contributed by atoms with Gasteiger partial charge in [0, 0.05) is 18.7 Å². The third kappa shape index (κ3) is 3.24. The predicted molar refractivity (Wildman–Crippen MR) is 74.4 cm³/mol. The molecule has 0 aliphatic carbocycles. The highest BCUT2D eigenvalue weighted by atomic mass is 35.5. The zero-order chi connectivity index (χ0) is 15.6. The summed E-state index contributed by atoms with van der Waals surface area (Å²) in [5.74, 6) is -0.519. The number of halogens is 2. The lowest BCUT2D eigenvalue weighted by Gasteiger charge is -2.30. The molecule has 0 radical (unpaired) electrons. The summed E-state index contributed by atoms with van der Waals surface area (Å²) in [6.07, 6.45) is -0.726. The van der Waals surface area contributed by atoms with Crippen molar-refractivity contribution < 1.29 is 14.5 Å². The SMILES string of the molecule is N#CC1CN(C(=O)c2cc([N+](=O)[O-])cc(Cl)c2Cl)CCO1. The Labute approximate surface area is 129 Å². The van der Waals surface area contributed by atoms with E-state index in [4.69, 9.17) is 33.2 Å². The monoisotopic (exact) mass is 329 g/mol. The minimum absolute atomic E-state index is 0.0488. The van der Waals surface area contributed by atoms with Gasteiger partial charge in [-0.1, -0.05) is 23.2 Å². The van der Waals surface area contributed by atoms with Crippen LogP contribution in [0.2, 0.25) is 10.0 Å². The first-order valence-electron chi connectivity index (χ1n) is 5.88. The normalized spacial score (nSPS) is 18.1. The zero-order valence-electron chi connectivity index (χ0n) is 10.6. The van der Waals surface area contributed by atoms with Gasteiger partial charge in [-0.05, 0) is 0 Å². The van der Waals surface area contributed by atoms with Crippen LogP contribution in [-0.4, -0.2) is 41.5 Å². The van der Waals surface area contributed by atoms with E-state index in [0.717, 1.165) is 12.1 Å². The Kier molecular flexibility index (Phi) is 4.63. The summed E-state index contributed by atoms with van der Waals surface area (Å²) >= 11 is 11.8. The molecule has 1 amide bonds. The predicted octanol–water partition coefficient (Wildman–Crippen LogP) is 2.27. The fourth-order valence-electron chi connectivity index (χ4n) is 1.92. The van der Waals surface area contributed by atoms with E-state index >= 15 is 0 Å². The van der Waals surface area contributed by atoms with Crippen molar-refractivity contribution in [3.05, 3.63) is 37.9 Å². The van der Waals surface area contributed by atoms with E-state index in [9.17, 15) is 14.9 Å². The molecule has 1 aromatic carbocycles. The average Bonchev–Trinajstić information content (AvgIpc) is 2.49. The van der Waals surface area contributed by atoms with Crippen LogP contribution in [-0.2, 0) is 4.74 Å². The number of carbonyl (C=O) groups excluding carboxylic acids is 1. The van der Waals surface area contributed by atoms with E-state index in [0.29, 0.717) is 0 Å². The molecule has 1 aliphatic rings. The van der Waals surface area contributed by atoms with Crippen LogP contribution >= 0.6 is 23.2 Å². The molecule has 0 saturated carbocycles. The molecule has 0 aromatic heterocycles. The quantitative estimate of drug-likeness (QED) is 0.612. The molecule has 0 bridgehead atoms. The average molecular weight is 330 g/mol. The first-order valence-corrected chi connectivity index (χ1v) is 6.63. The van der Waals surface area contributed by atoms with Crippen molar-refractivity contribution in [2.45, 2.75) is 6.10 Å². The number of nitrogens with zero attached hydrogens (tertiary/aromatic N) is 3. The van der Waals surface area contributed by atoms with Gasteiger partial charge in [0.1, 0.15) is 0 Å². The van der Waals surface area contributed by atoms with Gasteiger partial charge in [-0.25, -0.2) is 0 Å². The van der Waals surface area contributed by atoms with Gasteiger partial charge in [-0.15, -0.1) is 0 Å². The van der Waals surface area contributed by atoms with Gasteiger partial charge in [0.05, 0.1) is 39.8 Å². The fraction of sp³-hybridized carbons (Fsp3) is 0.333. The standard InChI is InChI=1S/C12H9Cl2N3O4/c13-10-4-7(17(19)20)3-9(11(10)14)12(18)16-1-2-21-8(5-15)6-16/h3-4,8H,1-2,6H2. The van der Waals surface area contributed by atoms with Crippen LogP contribution in [0.15, 0.2) is 12.1 Å². The molecule has 1 aromatic rings. The van der Waals surface area contributed by atoms with E-state index in [1.165, 1.54) is 4.90 Å². The number of benzene rings is 1. The number of nitriles is 1. The molecule has 1 unspecified atom stereocenters. The second kappa shape index (κ2) is 6.26. The summed E-state index contributed by atoms with van der Waals surface area (Å²) in [5.41, 5.74) is -0.382. The van der Waals surface area contributed by atoms with Crippen LogP contribution in [0.1, 0.15) is 10.4 Å². The third-order valence-corrected chi connectivity index (χ3v) is 3.75. The van der Waals surface area contributed by atoms with Crippen LogP contribution in [0.5, 0.6) is 0 Å². The van der Waals surface area contributed by atoms with E-state index < -0.39 is 16.9 Å². The van der Waals surface area contributed by atoms with E-state index in [2.05, 4.69) is 0 Å². The highest BCUT2D eigenvalue weighted by molar-refractivity contribution is 6.44. The van der Waals surface area contributed by atoms with E-state index in [1.807, 2.05) is 6.07 Å². The Balaban J connectivity index is 2.34. The van der Waals surface area contributed by atoms with Gasteiger partial charge in [0.2, 0.25) is 0 Å². The minimum atomic E-state index is -0.726. The van der Waals surface area contributed by atoms with Crippen molar-refractivity contribution in [3.63, 3.8) is 0 Å². The largest absolute Gasteiger partial charge is 0.360 e. The number of non-ortho nitro benzene ring substituents is 1. The fourth-order valence-corrected chi connectivity index (χ4v) is 2.32. The molecular weight excluding hydrogens is 321 g/mol. The number of hydrogen-bond donors (Lipinski definition) is 0. The van der Waals surface area contributed by atoms with Gasteiger partial charge in [0.15, 0.2) is 6.10 Å². The number of carbonyl (C=O) groups is 1. The summed E-state index contributed by atoms with van der Waals surface area (Å²) in [5, 5.41) is 19.5. The van der Waals surface area contributed by atoms with Crippen LogP contribution in [0.4, 0.5) is 5.69 Å². The highest BCUT2D eigenvalue weighted by Crippen LogP contribution is 2.31. The molecular formula is C12H9Cl2N3O4. The minimum Gasteiger partial charge on any atom is -0.360 e. The second-order valence-corrected chi connectivity index (χ2v) is 5.07. The van der Waals surface area contributed by atoms with Crippen molar-refractivity contribution >= 4 is 34.8 Å². The Morgan fingerprint density at radius 3 is 2.86 bits per heavy atom. The molecule has 7 nitrogen and oxygen atoms in total. The first kappa shape index (κ1) is 15.5. The van der Waals surface area contributed by atoms with Crippen LogP contribution in [0.3, 0.4) is 0 Å². The lowest BCUT2D eigenvalue weighted by atomic mass is 10.1. The van der Waals surface area contributed by atoms with Crippen molar-refractivity contribution in [2.75, 3.05) is 19.7 Å². The van der Waals surface area contributed by atoms with E-state index in [-0.39, 0.29) is 41.0 Å². The highest BCUT2D eigenvalue weighted by Gasteiger charge is 2.28. The number of nitro groups is 1. The van der Waals surface area contributed by atoms with Crippen LogP contribution in [0, 0.1) is 21.4 Å². The maximum atomic E-state index is 12.4. The summed E-state index contributed by atoms with van der Waals surface area (Å²) in [6, 6.07) is 4.07. The lowest BCUT2D eigenvalue weighted by molar-refractivity contribution is -0.384. The summed E-state index contributed by atoms with van der Waals surface area (Å²) in [4.78, 5) is 23.9. The molecule has 110 valence electrons. The van der Waals surface area contributed by atoms with Crippen molar-refractivity contribution in [1.82, 2.24) is 4.90 Å².